The SMILES string of the molecule is CC(=O)NCCCN(C)C(=O)/C=C/c1ccc(-n2cc(Br)cn2)c(F)c1. The van der Waals surface area contributed by atoms with Gasteiger partial charge >= 0.3 is 0 Å². The van der Waals surface area contributed by atoms with Crippen LogP contribution in [0.5, 0.6) is 0 Å². The maximum atomic E-state index is 14.3. The highest BCUT2D eigenvalue weighted by atomic mass is 79.9. The molecule has 8 heteroatoms. The van der Waals surface area contributed by atoms with E-state index in [9.17, 15) is 14.0 Å². The Labute approximate surface area is 159 Å². The summed E-state index contributed by atoms with van der Waals surface area (Å²) in [7, 11) is 1.68. The lowest BCUT2D eigenvalue weighted by Gasteiger charge is -2.14. The second kappa shape index (κ2) is 9.28. The standard InChI is InChI=1S/C18H20BrFN4O2/c1-13(25)21-8-3-9-23(2)18(26)7-5-14-4-6-17(16(20)10-14)24-12-15(19)11-22-24/h4-7,10-12H,3,8-9H2,1-2H3,(H,21,25)/b7-5+. The van der Waals surface area contributed by atoms with E-state index in [1.807, 2.05) is 0 Å². The van der Waals surface area contributed by atoms with Crippen molar-refractivity contribution in [2.24, 2.45) is 0 Å². The predicted molar refractivity (Wildman–Crippen MR) is 101 cm³/mol. The molecule has 0 atom stereocenters. The first-order chi connectivity index (χ1) is 12.4. The molecule has 0 saturated heterocycles. The van der Waals surface area contributed by atoms with E-state index in [-0.39, 0.29) is 11.8 Å². The Balaban J connectivity index is 1.94. The molecule has 2 amide bonds. The first-order valence-electron chi connectivity index (χ1n) is 8.04. The van der Waals surface area contributed by atoms with E-state index in [0.717, 1.165) is 4.47 Å². The summed E-state index contributed by atoms with van der Waals surface area (Å²) in [6.45, 7) is 2.49. The van der Waals surface area contributed by atoms with E-state index in [1.54, 1.807) is 42.6 Å². The minimum Gasteiger partial charge on any atom is -0.356 e. The van der Waals surface area contributed by atoms with E-state index in [2.05, 4.69) is 26.3 Å². The van der Waals surface area contributed by atoms with Crippen LogP contribution >= 0.6 is 15.9 Å². The number of hydrogen-bond acceptors (Lipinski definition) is 3. The van der Waals surface area contributed by atoms with Crippen LogP contribution in [0, 0.1) is 5.82 Å². The Morgan fingerprint density at radius 1 is 1.42 bits per heavy atom. The summed E-state index contributed by atoms with van der Waals surface area (Å²) >= 11 is 3.27. The van der Waals surface area contributed by atoms with Gasteiger partial charge in [0.2, 0.25) is 11.8 Å². The van der Waals surface area contributed by atoms with Gasteiger partial charge in [-0.25, -0.2) is 9.07 Å². The number of carbonyl (C=O) groups excluding carboxylic acids is 2. The Kier molecular flexibility index (Phi) is 7.08. The first-order valence-corrected chi connectivity index (χ1v) is 8.84. The van der Waals surface area contributed by atoms with Gasteiger partial charge in [0.25, 0.3) is 0 Å². The third kappa shape index (κ3) is 5.80. The number of benzene rings is 1. The van der Waals surface area contributed by atoms with E-state index < -0.39 is 5.82 Å². The summed E-state index contributed by atoms with van der Waals surface area (Å²) in [6, 6.07) is 4.68. The molecular weight excluding hydrogens is 403 g/mol. The molecule has 0 saturated carbocycles. The zero-order valence-electron chi connectivity index (χ0n) is 14.6. The highest BCUT2D eigenvalue weighted by Gasteiger charge is 2.08. The van der Waals surface area contributed by atoms with Crippen molar-refractivity contribution in [1.82, 2.24) is 20.0 Å². The molecule has 0 spiro atoms. The predicted octanol–water partition coefficient (Wildman–Crippen LogP) is 2.77. The van der Waals surface area contributed by atoms with E-state index in [0.29, 0.717) is 30.8 Å². The fourth-order valence-electron chi connectivity index (χ4n) is 2.23. The van der Waals surface area contributed by atoms with Crippen LogP contribution < -0.4 is 5.32 Å². The van der Waals surface area contributed by atoms with Crippen molar-refractivity contribution in [3.8, 4) is 5.69 Å². The number of amides is 2. The van der Waals surface area contributed by atoms with Crippen LogP contribution in [-0.4, -0.2) is 46.6 Å². The van der Waals surface area contributed by atoms with Crippen molar-refractivity contribution in [2.45, 2.75) is 13.3 Å². The van der Waals surface area contributed by atoms with Gasteiger partial charge in [0.1, 0.15) is 11.5 Å². The molecule has 1 N–H and O–H groups in total. The third-order valence-electron chi connectivity index (χ3n) is 3.61. The number of aromatic nitrogens is 2. The van der Waals surface area contributed by atoms with Crippen LogP contribution in [0.15, 0.2) is 41.1 Å². The molecule has 1 aromatic carbocycles. The summed E-state index contributed by atoms with van der Waals surface area (Å²) < 4.78 is 16.4. The van der Waals surface area contributed by atoms with Crippen LogP contribution in [0.25, 0.3) is 11.8 Å². The van der Waals surface area contributed by atoms with E-state index >= 15 is 0 Å². The van der Waals surface area contributed by atoms with Crippen LogP contribution in [0.1, 0.15) is 18.9 Å². The van der Waals surface area contributed by atoms with Gasteiger partial charge in [0, 0.05) is 39.3 Å². The molecule has 6 nitrogen and oxygen atoms in total. The summed E-state index contributed by atoms with van der Waals surface area (Å²) in [4.78, 5) is 24.4. The van der Waals surface area contributed by atoms with Gasteiger partial charge in [0.05, 0.1) is 10.7 Å². The van der Waals surface area contributed by atoms with Crippen molar-refractivity contribution >= 4 is 33.8 Å². The number of hydrogen-bond donors (Lipinski definition) is 1. The van der Waals surface area contributed by atoms with Crippen LogP contribution in [-0.2, 0) is 9.59 Å². The highest BCUT2D eigenvalue weighted by molar-refractivity contribution is 9.10. The number of halogens is 2. The highest BCUT2D eigenvalue weighted by Crippen LogP contribution is 2.18. The summed E-state index contributed by atoms with van der Waals surface area (Å²) in [5, 5.41) is 6.72. The fraction of sp³-hybridized carbons (Fsp3) is 0.278. The first kappa shape index (κ1) is 19.8. The van der Waals surface area contributed by atoms with Gasteiger partial charge in [-0.05, 0) is 46.1 Å². The van der Waals surface area contributed by atoms with Gasteiger partial charge in [-0.1, -0.05) is 6.07 Å². The maximum absolute atomic E-state index is 14.3. The summed E-state index contributed by atoms with van der Waals surface area (Å²) in [5.74, 6) is -0.709. The van der Waals surface area contributed by atoms with Gasteiger partial charge < -0.3 is 10.2 Å². The minimum absolute atomic E-state index is 0.0909. The molecule has 0 aliphatic rings. The number of likely N-dealkylation sites (N-methyl/N-ethyl adjacent to an activating group) is 1. The largest absolute Gasteiger partial charge is 0.356 e. The monoisotopic (exact) mass is 422 g/mol. The Morgan fingerprint density at radius 2 is 2.19 bits per heavy atom. The number of nitrogens with one attached hydrogen (secondary N) is 1. The zero-order valence-corrected chi connectivity index (χ0v) is 16.2. The molecule has 0 aliphatic heterocycles. The second-order valence-corrected chi connectivity index (χ2v) is 6.66. The van der Waals surface area contributed by atoms with Crippen molar-refractivity contribution < 1.29 is 14.0 Å². The molecule has 0 unspecified atom stereocenters. The molecule has 1 aromatic heterocycles. The molecule has 0 fully saturated rings. The zero-order chi connectivity index (χ0) is 19.1. The van der Waals surface area contributed by atoms with Crippen molar-refractivity contribution in [3.05, 3.63) is 52.5 Å². The molecule has 0 bridgehead atoms. The average Bonchev–Trinajstić information content (AvgIpc) is 3.02. The number of carbonyl (C=O) groups is 2. The maximum Gasteiger partial charge on any atom is 0.246 e. The van der Waals surface area contributed by atoms with Gasteiger partial charge in [-0.15, -0.1) is 0 Å². The Morgan fingerprint density at radius 3 is 2.81 bits per heavy atom. The molecule has 1 heterocycles. The lowest BCUT2D eigenvalue weighted by molar-refractivity contribution is -0.124. The van der Waals surface area contributed by atoms with Gasteiger partial charge in [-0.2, -0.15) is 5.10 Å². The van der Waals surface area contributed by atoms with E-state index in [1.165, 1.54) is 23.7 Å². The topological polar surface area (TPSA) is 67.2 Å². The van der Waals surface area contributed by atoms with Crippen molar-refractivity contribution in [1.29, 1.82) is 0 Å². The van der Waals surface area contributed by atoms with E-state index in [4.69, 9.17) is 0 Å². The van der Waals surface area contributed by atoms with Crippen LogP contribution in [0.2, 0.25) is 0 Å². The molecular formula is C18H20BrFN4O2. The fourth-order valence-corrected chi connectivity index (χ4v) is 2.52. The molecule has 138 valence electrons. The van der Waals surface area contributed by atoms with Crippen LogP contribution in [0.4, 0.5) is 4.39 Å². The average molecular weight is 423 g/mol. The minimum atomic E-state index is -0.432. The quantitative estimate of drug-likeness (QED) is 0.550. The second-order valence-electron chi connectivity index (χ2n) is 5.74. The molecule has 2 rings (SSSR count). The van der Waals surface area contributed by atoms with Crippen molar-refractivity contribution in [2.75, 3.05) is 20.1 Å². The lowest BCUT2D eigenvalue weighted by Crippen LogP contribution is -2.29. The Bertz CT molecular complexity index is 819. The molecule has 26 heavy (non-hydrogen) atoms. The Hall–Kier alpha value is -2.48. The van der Waals surface area contributed by atoms with Gasteiger partial charge in [0.15, 0.2) is 0 Å². The van der Waals surface area contributed by atoms with Crippen LogP contribution in [0.3, 0.4) is 0 Å². The molecule has 2 aromatic rings. The summed E-state index contributed by atoms with van der Waals surface area (Å²) in [5.41, 5.74) is 0.909. The van der Waals surface area contributed by atoms with Gasteiger partial charge in [-0.3, -0.25) is 9.59 Å². The number of rotatable bonds is 7. The van der Waals surface area contributed by atoms with Crippen molar-refractivity contribution in [3.63, 3.8) is 0 Å². The molecule has 0 aliphatic carbocycles. The lowest BCUT2D eigenvalue weighted by atomic mass is 10.2. The molecule has 0 radical (unpaired) electrons. The summed E-state index contributed by atoms with van der Waals surface area (Å²) in [6.07, 6.45) is 6.87. The third-order valence-corrected chi connectivity index (χ3v) is 4.02. The normalized spacial score (nSPS) is 10.9. The smallest absolute Gasteiger partial charge is 0.246 e. The number of nitrogens with zero attached hydrogens (tertiary/aromatic N) is 3.